The van der Waals surface area contributed by atoms with Gasteiger partial charge in [-0.25, -0.2) is 4.39 Å². The van der Waals surface area contributed by atoms with Crippen LogP contribution in [0.3, 0.4) is 0 Å². The van der Waals surface area contributed by atoms with Crippen LogP contribution < -0.4 is 10.2 Å². The van der Waals surface area contributed by atoms with Gasteiger partial charge in [0.1, 0.15) is 5.82 Å². The summed E-state index contributed by atoms with van der Waals surface area (Å²) in [5, 5.41) is 3.36. The van der Waals surface area contributed by atoms with E-state index in [1.165, 1.54) is 12.1 Å². The Labute approximate surface area is 128 Å². The van der Waals surface area contributed by atoms with E-state index >= 15 is 0 Å². The second-order valence-corrected chi connectivity index (χ2v) is 5.35. The summed E-state index contributed by atoms with van der Waals surface area (Å²) in [6.45, 7) is 0. The fourth-order valence-electron chi connectivity index (χ4n) is 2.03. The predicted octanol–water partition coefficient (Wildman–Crippen LogP) is 3.73. The molecule has 0 atom stereocenters. The number of nitrogens with one attached hydrogen (secondary N) is 1. The normalized spacial score (nSPS) is 10.3. The van der Waals surface area contributed by atoms with E-state index in [1.807, 2.05) is 25.1 Å². The van der Waals surface area contributed by atoms with E-state index in [1.54, 1.807) is 24.3 Å². The first-order valence-corrected chi connectivity index (χ1v) is 6.84. The van der Waals surface area contributed by atoms with E-state index in [0.717, 1.165) is 5.69 Å². The molecule has 110 valence electrons. The number of rotatable bonds is 4. The van der Waals surface area contributed by atoms with Gasteiger partial charge >= 0.3 is 0 Å². The van der Waals surface area contributed by atoms with E-state index in [2.05, 4.69) is 5.32 Å². The zero-order chi connectivity index (χ0) is 15.4. The van der Waals surface area contributed by atoms with Crippen LogP contribution in [0, 0.1) is 5.82 Å². The van der Waals surface area contributed by atoms with Crippen molar-refractivity contribution < 1.29 is 9.18 Å². The molecule has 0 bridgehead atoms. The fraction of sp³-hybridized carbons (Fsp3) is 0.188. The lowest BCUT2D eigenvalue weighted by Crippen LogP contribution is -2.18. The minimum atomic E-state index is -0.350. The van der Waals surface area contributed by atoms with Crippen molar-refractivity contribution in [3.63, 3.8) is 0 Å². The topological polar surface area (TPSA) is 32.3 Å². The third kappa shape index (κ3) is 4.20. The van der Waals surface area contributed by atoms with Gasteiger partial charge in [0, 0.05) is 19.1 Å². The first kappa shape index (κ1) is 15.3. The van der Waals surface area contributed by atoms with Crippen LogP contribution in [-0.2, 0) is 11.2 Å². The van der Waals surface area contributed by atoms with Crippen molar-refractivity contribution in [1.82, 2.24) is 0 Å². The lowest BCUT2D eigenvalue weighted by molar-refractivity contribution is -0.115. The molecule has 0 aromatic heterocycles. The van der Waals surface area contributed by atoms with Gasteiger partial charge in [-0.3, -0.25) is 4.79 Å². The van der Waals surface area contributed by atoms with Crippen molar-refractivity contribution in [3.8, 4) is 0 Å². The summed E-state index contributed by atoms with van der Waals surface area (Å²) in [6.07, 6.45) is 0.108. The minimum Gasteiger partial charge on any atom is -0.376 e. The molecule has 2 aromatic carbocycles. The summed E-state index contributed by atoms with van der Waals surface area (Å²) in [7, 11) is 3.76. The van der Waals surface area contributed by atoms with Crippen molar-refractivity contribution in [2.45, 2.75) is 6.42 Å². The predicted molar refractivity (Wildman–Crippen MR) is 84.5 cm³/mol. The number of carbonyl (C=O) groups excluding carboxylic acids is 1. The molecule has 21 heavy (non-hydrogen) atoms. The molecule has 0 saturated carbocycles. The molecule has 1 N–H and O–H groups in total. The minimum absolute atomic E-state index is 0.108. The number of nitrogens with zero attached hydrogens (tertiary/aromatic N) is 1. The Hall–Kier alpha value is -2.07. The summed E-state index contributed by atoms with van der Waals surface area (Å²) in [6, 6.07) is 11.3. The first-order valence-electron chi connectivity index (χ1n) is 6.47. The van der Waals surface area contributed by atoms with Crippen molar-refractivity contribution in [1.29, 1.82) is 0 Å². The van der Waals surface area contributed by atoms with Crippen molar-refractivity contribution in [2.75, 3.05) is 24.3 Å². The molecule has 0 aliphatic carbocycles. The van der Waals surface area contributed by atoms with E-state index in [-0.39, 0.29) is 18.1 Å². The Morgan fingerprint density at radius 3 is 2.67 bits per heavy atom. The maximum atomic E-state index is 13.1. The molecule has 0 radical (unpaired) electrons. The Bertz CT molecular complexity index is 658. The molecule has 1 amide bonds. The van der Waals surface area contributed by atoms with Gasteiger partial charge in [0.05, 0.1) is 17.8 Å². The van der Waals surface area contributed by atoms with E-state index < -0.39 is 0 Å². The molecule has 0 saturated heterocycles. The highest BCUT2D eigenvalue weighted by Crippen LogP contribution is 2.27. The maximum Gasteiger partial charge on any atom is 0.228 e. The lowest BCUT2D eigenvalue weighted by Gasteiger charge is -2.18. The Morgan fingerprint density at radius 2 is 2.00 bits per heavy atom. The largest absolute Gasteiger partial charge is 0.376 e. The average Bonchev–Trinajstić information content (AvgIpc) is 2.38. The zero-order valence-corrected chi connectivity index (χ0v) is 12.6. The number of anilines is 2. The molecule has 0 fully saturated rings. The van der Waals surface area contributed by atoms with Gasteiger partial charge < -0.3 is 10.2 Å². The number of hydrogen-bond acceptors (Lipinski definition) is 2. The molecule has 3 nitrogen and oxygen atoms in total. The smallest absolute Gasteiger partial charge is 0.228 e. The van der Waals surface area contributed by atoms with E-state index in [4.69, 9.17) is 11.6 Å². The molecular formula is C16H16ClFN2O. The number of carbonyl (C=O) groups is 1. The molecule has 0 unspecified atom stereocenters. The Kier molecular flexibility index (Phi) is 4.81. The van der Waals surface area contributed by atoms with Gasteiger partial charge in [-0.05, 0) is 35.9 Å². The second kappa shape index (κ2) is 6.59. The molecule has 0 spiro atoms. The highest BCUT2D eigenvalue weighted by Gasteiger charge is 2.10. The summed E-state index contributed by atoms with van der Waals surface area (Å²) in [5.74, 6) is -0.567. The third-order valence-corrected chi connectivity index (χ3v) is 3.20. The number of hydrogen-bond donors (Lipinski definition) is 1. The zero-order valence-electron chi connectivity index (χ0n) is 11.9. The lowest BCUT2D eigenvalue weighted by atomic mass is 10.1. The molecule has 2 aromatic rings. The molecule has 2 rings (SSSR count). The molecule has 0 aliphatic heterocycles. The van der Waals surface area contributed by atoms with Gasteiger partial charge in [0.25, 0.3) is 0 Å². The van der Waals surface area contributed by atoms with Crippen LogP contribution >= 0.6 is 11.6 Å². The van der Waals surface area contributed by atoms with Crippen molar-refractivity contribution in [3.05, 3.63) is 58.9 Å². The van der Waals surface area contributed by atoms with Crippen LogP contribution in [0.15, 0.2) is 42.5 Å². The number of benzene rings is 2. The molecule has 5 heteroatoms. The van der Waals surface area contributed by atoms with E-state index in [0.29, 0.717) is 16.3 Å². The fourth-order valence-corrected chi connectivity index (χ4v) is 2.20. The van der Waals surface area contributed by atoms with Gasteiger partial charge in [-0.2, -0.15) is 0 Å². The Morgan fingerprint density at radius 1 is 1.24 bits per heavy atom. The molecule has 0 heterocycles. The highest BCUT2D eigenvalue weighted by atomic mass is 35.5. The Balaban J connectivity index is 2.14. The summed E-state index contributed by atoms with van der Waals surface area (Å²) in [5.41, 5.74) is 2.11. The molecule has 0 aliphatic rings. The third-order valence-electron chi connectivity index (χ3n) is 2.97. The van der Waals surface area contributed by atoms with Gasteiger partial charge in [-0.1, -0.05) is 23.7 Å². The van der Waals surface area contributed by atoms with Crippen LogP contribution in [0.2, 0.25) is 5.02 Å². The average molecular weight is 307 g/mol. The summed E-state index contributed by atoms with van der Waals surface area (Å²) in [4.78, 5) is 14.0. The quantitative estimate of drug-likeness (QED) is 0.933. The molecular weight excluding hydrogens is 291 g/mol. The summed E-state index contributed by atoms with van der Waals surface area (Å²) < 4.78 is 13.1. The van der Waals surface area contributed by atoms with Crippen LogP contribution in [0.1, 0.15) is 5.56 Å². The van der Waals surface area contributed by atoms with Crippen LogP contribution in [0.4, 0.5) is 15.8 Å². The monoisotopic (exact) mass is 306 g/mol. The van der Waals surface area contributed by atoms with Crippen LogP contribution in [0.5, 0.6) is 0 Å². The van der Waals surface area contributed by atoms with Crippen molar-refractivity contribution >= 4 is 28.9 Å². The maximum absolute atomic E-state index is 13.1. The second-order valence-electron chi connectivity index (χ2n) is 4.91. The first-order chi connectivity index (χ1) is 9.95. The van der Waals surface area contributed by atoms with Crippen molar-refractivity contribution in [2.24, 2.45) is 0 Å². The van der Waals surface area contributed by atoms with E-state index in [9.17, 15) is 9.18 Å². The standard InChI is InChI=1S/C16H16ClFN2O/c1-20(2)15-7-6-12(17)10-14(15)19-16(21)9-11-4-3-5-13(18)8-11/h3-8,10H,9H2,1-2H3,(H,19,21). The van der Waals surface area contributed by atoms with Gasteiger partial charge in [0.2, 0.25) is 5.91 Å². The SMILES string of the molecule is CN(C)c1ccc(Cl)cc1NC(=O)Cc1cccc(F)c1. The van der Waals surface area contributed by atoms with Crippen LogP contribution in [0.25, 0.3) is 0 Å². The van der Waals surface area contributed by atoms with Crippen LogP contribution in [-0.4, -0.2) is 20.0 Å². The highest BCUT2D eigenvalue weighted by molar-refractivity contribution is 6.31. The summed E-state index contributed by atoms with van der Waals surface area (Å²) >= 11 is 5.97. The van der Waals surface area contributed by atoms with Gasteiger partial charge in [0.15, 0.2) is 0 Å². The number of amides is 1. The van der Waals surface area contributed by atoms with Gasteiger partial charge in [-0.15, -0.1) is 0 Å². The number of halogens is 2.